The Morgan fingerprint density at radius 1 is 1.39 bits per heavy atom. The Bertz CT molecular complexity index is 902. The van der Waals surface area contributed by atoms with E-state index in [1.165, 1.54) is 0 Å². The summed E-state index contributed by atoms with van der Waals surface area (Å²) in [5, 5.41) is 8.51. The molecule has 0 saturated carbocycles. The number of fused-ring (bicyclic) bond motifs is 1. The van der Waals surface area contributed by atoms with Crippen molar-refractivity contribution in [1.29, 1.82) is 0 Å². The van der Waals surface area contributed by atoms with Gasteiger partial charge >= 0.3 is 5.97 Å². The number of aromatic nitrogens is 3. The van der Waals surface area contributed by atoms with Crippen molar-refractivity contribution in [2.75, 3.05) is 36.7 Å². The Balaban J connectivity index is 2.08. The zero-order chi connectivity index (χ0) is 20.3. The molecule has 1 aliphatic heterocycles. The molecule has 2 aromatic rings. The number of anilines is 2. The predicted molar refractivity (Wildman–Crippen MR) is 113 cm³/mol. The highest BCUT2D eigenvalue weighted by Gasteiger charge is 2.35. The molecule has 1 unspecified atom stereocenters. The van der Waals surface area contributed by atoms with Crippen LogP contribution in [0.3, 0.4) is 0 Å². The Morgan fingerprint density at radius 3 is 2.71 bits per heavy atom. The largest absolute Gasteiger partial charge is 0.458 e. The lowest BCUT2D eigenvalue weighted by atomic mass is 9.95. The lowest BCUT2D eigenvalue weighted by Gasteiger charge is -2.28. The minimum absolute atomic E-state index is 0.156. The standard InChI is InChI=1S/C20H25N5O2S/c1-6-12-27-18(26)16-13(3)21-19-22-20(28-7-2)23-25(19)17(16)14-8-10-15(11-9-14)24(4)5/h6,8-11,17H,1,7,12H2,2-5H3,(H,21,22,23). The number of nitrogens with zero attached hydrogens (tertiary/aromatic N) is 4. The molecule has 0 fully saturated rings. The van der Waals surface area contributed by atoms with E-state index in [1.807, 2.05) is 50.2 Å². The lowest BCUT2D eigenvalue weighted by molar-refractivity contribution is -0.138. The average Bonchev–Trinajstić information content (AvgIpc) is 3.07. The second-order valence-electron chi connectivity index (χ2n) is 6.53. The highest BCUT2D eigenvalue weighted by molar-refractivity contribution is 7.99. The molecule has 0 amide bonds. The third-order valence-electron chi connectivity index (χ3n) is 4.38. The number of hydrogen-bond acceptors (Lipinski definition) is 7. The van der Waals surface area contributed by atoms with Crippen LogP contribution >= 0.6 is 11.8 Å². The van der Waals surface area contributed by atoms with Gasteiger partial charge in [-0.2, -0.15) is 4.98 Å². The van der Waals surface area contributed by atoms with E-state index in [4.69, 9.17) is 4.74 Å². The van der Waals surface area contributed by atoms with Crippen molar-refractivity contribution in [2.24, 2.45) is 0 Å². The number of allylic oxidation sites excluding steroid dienone is 1. The third-order valence-corrected chi connectivity index (χ3v) is 5.10. The van der Waals surface area contributed by atoms with Crippen LogP contribution in [0.5, 0.6) is 0 Å². The summed E-state index contributed by atoms with van der Waals surface area (Å²) in [5.41, 5.74) is 3.25. The normalized spacial score (nSPS) is 15.6. The molecule has 0 saturated heterocycles. The van der Waals surface area contributed by atoms with Crippen LogP contribution in [0.4, 0.5) is 11.6 Å². The summed E-state index contributed by atoms with van der Waals surface area (Å²) in [4.78, 5) is 19.4. The van der Waals surface area contributed by atoms with Gasteiger partial charge < -0.3 is 15.0 Å². The minimum atomic E-state index is -0.413. The van der Waals surface area contributed by atoms with E-state index in [2.05, 4.69) is 28.9 Å². The summed E-state index contributed by atoms with van der Waals surface area (Å²) in [6.45, 7) is 7.68. The third kappa shape index (κ3) is 3.91. The molecule has 148 valence electrons. The fourth-order valence-corrected chi connectivity index (χ4v) is 3.62. The van der Waals surface area contributed by atoms with Gasteiger partial charge in [0.05, 0.1) is 5.57 Å². The molecule has 1 aliphatic rings. The van der Waals surface area contributed by atoms with Gasteiger partial charge in [0.1, 0.15) is 12.6 Å². The zero-order valence-electron chi connectivity index (χ0n) is 16.6. The van der Waals surface area contributed by atoms with Crippen LogP contribution in [-0.2, 0) is 9.53 Å². The van der Waals surface area contributed by atoms with Crippen molar-refractivity contribution in [1.82, 2.24) is 14.8 Å². The minimum Gasteiger partial charge on any atom is -0.458 e. The summed E-state index contributed by atoms with van der Waals surface area (Å²) in [6, 6.07) is 7.66. The fraction of sp³-hybridized carbons (Fsp3) is 0.350. The molecule has 1 aromatic heterocycles. The molecule has 0 radical (unpaired) electrons. The van der Waals surface area contributed by atoms with Gasteiger partial charge in [-0.3, -0.25) is 0 Å². The van der Waals surface area contributed by atoms with E-state index in [-0.39, 0.29) is 6.61 Å². The molecule has 3 rings (SSSR count). The quantitative estimate of drug-likeness (QED) is 0.434. The maximum atomic E-state index is 12.8. The number of rotatable bonds is 7. The predicted octanol–water partition coefficient (Wildman–Crippen LogP) is 3.47. The number of thioether (sulfide) groups is 1. The van der Waals surface area contributed by atoms with Crippen LogP contribution in [0.2, 0.25) is 0 Å². The highest BCUT2D eigenvalue weighted by Crippen LogP contribution is 2.37. The summed E-state index contributed by atoms with van der Waals surface area (Å²) in [7, 11) is 3.98. The first-order valence-corrected chi connectivity index (χ1v) is 10.1. The van der Waals surface area contributed by atoms with Gasteiger partial charge in [-0.15, -0.1) is 5.10 Å². The lowest BCUT2D eigenvalue weighted by Crippen LogP contribution is -2.29. The van der Waals surface area contributed by atoms with Crippen molar-refractivity contribution in [3.63, 3.8) is 0 Å². The van der Waals surface area contributed by atoms with Crippen molar-refractivity contribution in [3.05, 3.63) is 53.8 Å². The average molecular weight is 400 g/mol. The van der Waals surface area contributed by atoms with E-state index in [0.29, 0.717) is 22.4 Å². The van der Waals surface area contributed by atoms with Gasteiger partial charge in [0.2, 0.25) is 11.1 Å². The molecule has 8 heteroatoms. The van der Waals surface area contributed by atoms with Crippen LogP contribution in [0.25, 0.3) is 0 Å². The Hall–Kier alpha value is -2.74. The molecule has 1 N–H and O–H groups in total. The zero-order valence-corrected chi connectivity index (χ0v) is 17.4. The first kappa shape index (κ1) is 20.0. The number of carbonyl (C=O) groups excluding carboxylic acids is 1. The van der Waals surface area contributed by atoms with E-state index in [9.17, 15) is 4.79 Å². The number of ether oxygens (including phenoxy) is 1. The van der Waals surface area contributed by atoms with Gasteiger partial charge in [-0.25, -0.2) is 9.48 Å². The molecular formula is C20H25N5O2S. The van der Waals surface area contributed by atoms with Crippen molar-refractivity contribution in [3.8, 4) is 0 Å². The van der Waals surface area contributed by atoms with Gasteiger partial charge in [0.25, 0.3) is 0 Å². The van der Waals surface area contributed by atoms with E-state index in [0.717, 1.165) is 17.0 Å². The van der Waals surface area contributed by atoms with Crippen LogP contribution in [0.1, 0.15) is 25.5 Å². The SMILES string of the molecule is C=CCOC(=O)C1=C(C)Nc2nc(SCC)nn2C1c1ccc(N(C)C)cc1. The van der Waals surface area contributed by atoms with Crippen molar-refractivity contribution >= 4 is 29.4 Å². The molecule has 0 aliphatic carbocycles. The van der Waals surface area contributed by atoms with Crippen LogP contribution in [0, 0.1) is 0 Å². The Kier molecular flexibility index (Phi) is 6.08. The Labute approximate surface area is 169 Å². The number of benzene rings is 1. The molecule has 1 atom stereocenters. The monoisotopic (exact) mass is 399 g/mol. The maximum absolute atomic E-state index is 12.8. The number of esters is 1. The van der Waals surface area contributed by atoms with Crippen LogP contribution in [0.15, 0.2) is 53.3 Å². The summed E-state index contributed by atoms with van der Waals surface area (Å²) in [6.07, 6.45) is 1.56. The second kappa shape index (κ2) is 8.52. The molecule has 0 bridgehead atoms. The fourth-order valence-electron chi connectivity index (χ4n) is 3.06. The van der Waals surface area contributed by atoms with Crippen molar-refractivity contribution in [2.45, 2.75) is 25.0 Å². The second-order valence-corrected chi connectivity index (χ2v) is 7.77. The van der Waals surface area contributed by atoms with Gasteiger partial charge in [0, 0.05) is 25.5 Å². The van der Waals surface area contributed by atoms with E-state index < -0.39 is 12.0 Å². The summed E-state index contributed by atoms with van der Waals surface area (Å²) in [5.74, 6) is 1.10. The smallest absolute Gasteiger partial charge is 0.338 e. The summed E-state index contributed by atoms with van der Waals surface area (Å²) >= 11 is 1.56. The van der Waals surface area contributed by atoms with E-state index >= 15 is 0 Å². The molecule has 0 spiro atoms. The summed E-state index contributed by atoms with van der Waals surface area (Å²) < 4.78 is 7.12. The molecule has 28 heavy (non-hydrogen) atoms. The molecule has 1 aromatic carbocycles. The molecule has 2 heterocycles. The van der Waals surface area contributed by atoms with Crippen molar-refractivity contribution < 1.29 is 9.53 Å². The molecule has 7 nitrogen and oxygen atoms in total. The van der Waals surface area contributed by atoms with Gasteiger partial charge in [-0.1, -0.05) is 43.5 Å². The number of nitrogens with one attached hydrogen (secondary N) is 1. The first-order chi connectivity index (χ1) is 13.5. The number of carbonyl (C=O) groups is 1. The van der Waals surface area contributed by atoms with Gasteiger partial charge in [-0.05, 0) is 30.4 Å². The van der Waals surface area contributed by atoms with E-state index in [1.54, 1.807) is 22.5 Å². The topological polar surface area (TPSA) is 72.3 Å². The maximum Gasteiger partial charge on any atom is 0.338 e. The highest BCUT2D eigenvalue weighted by atomic mass is 32.2. The van der Waals surface area contributed by atoms with Crippen LogP contribution < -0.4 is 10.2 Å². The number of hydrogen-bond donors (Lipinski definition) is 1. The first-order valence-electron chi connectivity index (χ1n) is 9.08. The Morgan fingerprint density at radius 2 is 2.11 bits per heavy atom. The van der Waals surface area contributed by atoms with Gasteiger partial charge in [0.15, 0.2) is 0 Å². The molecular weight excluding hydrogens is 374 g/mol. The van der Waals surface area contributed by atoms with Crippen LogP contribution in [-0.4, -0.2) is 47.2 Å².